The highest BCUT2D eigenvalue weighted by Crippen LogP contribution is 2.37. The number of hydrogen-bond donors (Lipinski definition) is 2. The molecule has 6 nitrogen and oxygen atoms in total. The second-order valence-corrected chi connectivity index (χ2v) is 9.55. The van der Waals surface area contributed by atoms with Crippen LogP contribution in [0.3, 0.4) is 0 Å². The first kappa shape index (κ1) is 27.4. The van der Waals surface area contributed by atoms with Gasteiger partial charge in [-0.1, -0.05) is 59.3 Å². The molecular formula is C24H40O6S. The molecule has 0 bridgehead atoms. The van der Waals surface area contributed by atoms with E-state index in [1.165, 1.54) is 0 Å². The van der Waals surface area contributed by atoms with Crippen LogP contribution < -0.4 is 4.74 Å². The molecule has 0 saturated heterocycles. The number of aryl methyl sites for hydroxylation is 1. The van der Waals surface area contributed by atoms with Gasteiger partial charge in [-0.3, -0.25) is 9.35 Å². The van der Waals surface area contributed by atoms with E-state index < -0.39 is 16.1 Å². The van der Waals surface area contributed by atoms with Crippen LogP contribution in [0.4, 0.5) is 0 Å². The van der Waals surface area contributed by atoms with Crippen LogP contribution in [0, 0.1) is 0 Å². The van der Waals surface area contributed by atoms with Gasteiger partial charge in [-0.05, 0) is 61.3 Å². The van der Waals surface area contributed by atoms with E-state index in [1.807, 2.05) is 0 Å². The van der Waals surface area contributed by atoms with E-state index in [2.05, 4.69) is 20.8 Å². The van der Waals surface area contributed by atoms with Crippen molar-refractivity contribution in [2.24, 2.45) is 0 Å². The molecule has 0 fully saturated rings. The second kappa shape index (κ2) is 14.5. The zero-order chi connectivity index (χ0) is 23.3. The first-order valence-electron chi connectivity index (χ1n) is 11.8. The number of rotatable bonds is 17. The van der Waals surface area contributed by atoms with Crippen molar-refractivity contribution >= 4 is 16.1 Å². The van der Waals surface area contributed by atoms with Crippen molar-refractivity contribution in [3.63, 3.8) is 0 Å². The number of unbranched alkanes of at least 4 members (excludes halogenated alkanes) is 6. The van der Waals surface area contributed by atoms with Gasteiger partial charge in [0.15, 0.2) is 0 Å². The summed E-state index contributed by atoms with van der Waals surface area (Å²) in [5.74, 6) is -0.870. The van der Waals surface area contributed by atoms with Gasteiger partial charge in [-0.15, -0.1) is 0 Å². The van der Waals surface area contributed by atoms with Gasteiger partial charge in [0, 0.05) is 0 Å². The molecule has 0 heterocycles. The van der Waals surface area contributed by atoms with Crippen molar-refractivity contribution in [2.45, 2.75) is 109 Å². The van der Waals surface area contributed by atoms with Crippen molar-refractivity contribution in [1.82, 2.24) is 0 Å². The van der Waals surface area contributed by atoms with E-state index in [1.54, 1.807) is 6.07 Å². The lowest BCUT2D eigenvalue weighted by atomic mass is 9.89. The Kier molecular flexibility index (Phi) is 12.8. The third-order valence-corrected chi connectivity index (χ3v) is 6.36. The predicted molar refractivity (Wildman–Crippen MR) is 124 cm³/mol. The smallest absolute Gasteiger partial charge is 0.306 e. The summed E-state index contributed by atoms with van der Waals surface area (Å²) in [6, 6.07) is 1.56. The van der Waals surface area contributed by atoms with Gasteiger partial charge in [0.1, 0.15) is 10.6 Å². The number of carboxylic acids is 1. The van der Waals surface area contributed by atoms with Crippen molar-refractivity contribution in [1.29, 1.82) is 0 Å². The van der Waals surface area contributed by atoms with Crippen LogP contribution in [0.1, 0.15) is 102 Å². The van der Waals surface area contributed by atoms with Crippen LogP contribution in [0.5, 0.6) is 5.75 Å². The lowest BCUT2D eigenvalue weighted by molar-refractivity contribution is -0.137. The van der Waals surface area contributed by atoms with Crippen LogP contribution in [0.25, 0.3) is 0 Å². The molecule has 0 aliphatic heterocycles. The minimum Gasteiger partial charge on any atom is -0.491 e. The molecule has 0 aliphatic carbocycles. The van der Waals surface area contributed by atoms with E-state index in [4.69, 9.17) is 9.84 Å². The van der Waals surface area contributed by atoms with Gasteiger partial charge in [0.05, 0.1) is 13.0 Å². The summed E-state index contributed by atoms with van der Waals surface area (Å²) >= 11 is 0. The highest BCUT2D eigenvalue weighted by atomic mass is 32.2. The summed E-state index contributed by atoms with van der Waals surface area (Å²) in [6.45, 7) is 6.24. The summed E-state index contributed by atoms with van der Waals surface area (Å²) < 4.78 is 40.2. The highest BCUT2D eigenvalue weighted by Gasteiger charge is 2.25. The molecule has 0 spiro atoms. The van der Waals surface area contributed by atoms with Crippen LogP contribution in [0.15, 0.2) is 11.0 Å². The normalized spacial score (nSPS) is 11.6. The lowest BCUT2D eigenvalue weighted by Gasteiger charge is -2.22. The Morgan fingerprint density at radius 2 is 1.39 bits per heavy atom. The third-order valence-electron chi connectivity index (χ3n) is 5.51. The van der Waals surface area contributed by atoms with Gasteiger partial charge in [0.25, 0.3) is 10.1 Å². The van der Waals surface area contributed by atoms with Crippen LogP contribution in [-0.4, -0.2) is 30.7 Å². The van der Waals surface area contributed by atoms with Crippen LogP contribution in [-0.2, 0) is 34.2 Å². The maximum Gasteiger partial charge on any atom is 0.306 e. The van der Waals surface area contributed by atoms with E-state index in [9.17, 15) is 17.8 Å². The van der Waals surface area contributed by atoms with Gasteiger partial charge in [0.2, 0.25) is 0 Å². The molecule has 0 saturated carbocycles. The molecule has 7 heteroatoms. The standard InChI is InChI=1S/C24H40O6S/c1-4-7-10-13-19-18-22(31(27,28)29)24(30-17-16-23(25)26)21(15-12-9-6-3)20(19)14-11-8-5-2/h18H,4-17H2,1-3H3,(H,25,26)(H,27,28,29). The molecule has 2 N–H and O–H groups in total. The fourth-order valence-electron chi connectivity index (χ4n) is 3.85. The average Bonchev–Trinajstić information content (AvgIpc) is 2.69. The monoisotopic (exact) mass is 456 g/mol. The molecule has 1 rings (SSSR count). The topological polar surface area (TPSA) is 101 Å². The van der Waals surface area contributed by atoms with E-state index >= 15 is 0 Å². The molecule has 0 aliphatic rings. The molecular weight excluding hydrogens is 416 g/mol. The molecule has 0 atom stereocenters. The van der Waals surface area contributed by atoms with E-state index in [0.29, 0.717) is 6.42 Å². The highest BCUT2D eigenvalue weighted by molar-refractivity contribution is 7.86. The number of hydrogen-bond acceptors (Lipinski definition) is 4. The summed E-state index contributed by atoms with van der Waals surface area (Å²) in [5.41, 5.74) is 2.92. The maximum absolute atomic E-state index is 12.2. The Morgan fingerprint density at radius 1 is 0.871 bits per heavy atom. The van der Waals surface area contributed by atoms with Crippen LogP contribution >= 0.6 is 0 Å². The fraction of sp³-hybridized carbons (Fsp3) is 0.708. The van der Waals surface area contributed by atoms with Crippen LogP contribution in [0.2, 0.25) is 0 Å². The quantitative estimate of drug-likeness (QED) is 0.221. The van der Waals surface area contributed by atoms with E-state index in [0.717, 1.165) is 87.3 Å². The zero-order valence-electron chi connectivity index (χ0n) is 19.4. The van der Waals surface area contributed by atoms with E-state index in [-0.39, 0.29) is 23.7 Å². The predicted octanol–water partition coefficient (Wildman–Crippen LogP) is 5.98. The summed E-state index contributed by atoms with van der Waals surface area (Å²) in [7, 11) is -4.50. The lowest BCUT2D eigenvalue weighted by Crippen LogP contribution is -2.14. The SMILES string of the molecule is CCCCCc1cc(S(=O)(=O)O)c(OCCC(=O)O)c(CCCCC)c1CCCCC. The first-order chi connectivity index (χ1) is 14.8. The molecule has 0 unspecified atom stereocenters. The molecule has 0 amide bonds. The number of ether oxygens (including phenoxy) is 1. The number of benzene rings is 1. The average molecular weight is 457 g/mol. The molecule has 0 radical (unpaired) electrons. The molecule has 1 aromatic carbocycles. The van der Waals surface area contributed by atoms with Gasteiger partial charge in [-0.25, -0.2) is 0 Å². The van der Waals surface area contributed by atoms with Crippen molar-refractivity contribution < 1.29 is 27.6 Å². The second-order valence-electron chi connectivity index (χ2n) is 8.16. The maximum atomic E-state index is 12.2. The number of carboxylic acid groups (broad SMARTS) is 1. The Hall–Kier alpha value is -1.60. The minimum absolute atomic E-state index is 0.137. The third kappa shape index (κ3) is 9.60. The largest absolute Gasteiger partial charge is 0.491 e. The first-order valence-corrected chi connectivity index (χ1v) is 13.2. The molecule has 0 aromatic heterocycles. The molecule has 1 aromatic rings. The van der Waals surface area contributed by atoms with Gasteiger partial charge < -0.3 is 9.84 Å². The number of carbonyl (C=O) groups is 1. The minimum atomic E-state index is -4.50. The number of aliphatic carboxylic acids is 1. The summed E-state index contributed by atoms with van der Waals surface area (Å²) in [4.78, 5) is 10.7. The van der Waals surface area contributed by atoms with Crippen molar-refractivity contribution in [3.8, 4) is 5.75 Å². The van der Waals surface area contributed by atoms with Crippen molar-refractivity contribution in [3.05, 3.63) is 22.8 Å². The Labute approximate surface area is 188 Å². The Morgan fingerprint density at radius 3 is 1.87 bits per heavy atom. The molecule has 31 heavy (non-hydrogen) atoms. The summed E-state index contributed by atoms with van der Waals surface area (Å²) in [6.07, 6.45) is 11.2. The Balaban J connectivity index is 3.56. The summed E-state index contributed by atoms with van der Waals surface area (Å²) in [5, 5.41) is 8.98. The van der Waals surface area contributed by atoms with Crippen molar-refractivity contribution in [2.75, 3.05) is 6.61 Å². The Bertz CT molecular complexity index is 786. The van der Waals surface area contributed by atoms with Gasteiger partial charge >= 0.3 is 5.97 Å². The molecule has 178 valence electrons. The van der Waals surface area contributed by atoms with Gasteiger partial charge in [-0.2, -0.15) is 8.42 Å². The fourth-order valence-corrected chi connectivity index (χ4v) is 4.56. The zero-order valence-corrected chi connectivity index (χ0v) is 20.2.